The first kappa shape index (κ1) is 18.1. The number of ether oxygens (including phenoxy) is 2. The van der Waals surface area contributed by atoms with E-state index < -0.39 is 11.7 Å². The van der Waals surface area contributed by atoms with Crippen molar-refractivity contribution >= 4 is 6.09 Å². The molecule has 4 atom stereocenters. The number of carbonyl (C=O) groups excluding carboxylic acids is 1. The first-order valence-corrected chi connectivity index (χ1v) is 8.84. The van der Waals surface area contributed by atoms with Crippen molar-refractivity contribution < 1.29 is 18.7 Å². The van der Waals surface area contributed by atoms with Crippen molar-refractivity contribution in [2.75, 3.05) is 6.61 Å². The van der Waals surface area contributed by atoms with Gasteiger partial charge in [0.1, 0.15) is 11.4 Å². The van der Waals surface area contributed by atoms with Gasteiger partial charge in [-0.25, -0.2) is 9.18 Å². The van der Waals surface area contributed by atoms with Gasteiger partial charge in [0.2, 0.25) is 0 Å². The molecular weight excluding hydrogens is 323 g/mol. The number of rotatable bonds is 4. The van der Waals surface area contributed by atoms with Crippen molar-refractivity contribution in [3.05, 3.63) is 35.1 Å². The molecular formula is C19H27FN2O3. The third-order valence-electron chi connectivity index (χ3n) is 4.91. The summed E-state index contributed by atoms with van der Waals surface area (Å²) in [6.45, 7) is 8.74. The predicted molar refractivity (Wildman–Crippen MR) is 92.8 cm³/mol. The molecule has 1 heterocycles. The fraction of sp³-hybridized carbons (Fsp3) is 0.632. The Morgan fingerprint density at radius 1 is 1.36 bits per heavy atom. The van der Waals surface area contributed by atoms with Gasteiger partial charge in [-0.05, 0) is 57.4 Å². The van der Waals surface area contributed by atoms with Crippen molar-refractivity contribution in [2.45, 2.75) is 64.4 Å². The van der Waals surface area contributed by atoms with Gasteiger partial charge in [-0.3, -0.25) is 0 Å². The van der Waals surface area contributed by atoms with Crippen LogP contribution in [0.5, 0.6) is 0 Å². The Bertz CT molecular complexity index is 644. The van der Waals surface area contributed by atoms with Crippen LogP contribution in [0.15, 0.2) is 18.2 Å². The molecule has 0 bridgehead atoms. The lowest BCUT2D eigenvalue weighted by atomic mass is 9.71. The van der Waals surface area contributed by atoms with E-state index in [0.717, 1.165) is 17.5 Å². The van der Waals surface area contributed by atoms with Crippen LogP contribution in [0, 0.1) is 18.7 Å². The van der Waals surface area contributed by atoms with Gasteiger partial charge in [-0.15, -0.1) is 0 Å². The minimum atomic E-state index is -0.527. The number of hydrogen-bond acceptors (Lipinski definition) is 4. The van der Waals surface area contributed by atoms with E-state index in [1.165, 1.54) is 6.07 Å². The summed E-state index contributed by atoms with van der Waals surface area (Å²) in [5.74, 6) is 0.0630. The monoisotopic (exact) mass is 350 g/mol. The summed E-state index contributed by atoms with van der Waals surface area (Å²) in [4.78, 5) is 12.1. The number of carbonyl (C=O) groups is 1. The Morgan fingerprint density at radius 2 is 2.12 bits per heavy atom. The first-order valence-electron chi connectivity index (χ1n) is 8.84. The van der Waals surface area contributed by atoms with Crippen LogP contribution in [0.4, 0.5) is 9.18 Å². The number of benzene rings is 1. The van der Waals surface area contributed by atoms with E-state index in [4.69, 9.17) is 9.47 Å². The summed E-state index contributed by atoms with van der Waals surface area (Å²) in [5, 5.41) is 6.41. The molecule has 0 radical (unpaired) electrons. The van der Waals surface area contributed by atoms with Crippen LogP contribution in [-0.2, 0) is 16.0 Å². The Hall–Kier alpha value is -1.66. The molecule has 1 aromatic carbocycles. The Kier molecular flexibility index (Phi) is 5.02. The zero-order chi connectivity index (χ0) is 18.2. The maximum absolute atomic E-state index is 13.5. The first-order chi connectivity index (χ1) is 11.7. The van der Waals surface area contributed by atoms with Crippen molar-refractivity contribution in [1.82, 2.24) is 10.6 Å². The van der Waals surface area contributed by atoms with E-state index >= 15 is 0 Å². The van der Waals surface area contributed by atoms with Crippen molar-refractivity contribution in [1.29, 1.82) is 0 Å². The second-order valence-corrected chi connectivity index (χ2v) is 7.94. The average Bonchev–Trinajstić information content (AvgIpc) is 2.91. The summed E-state index contributed by atoms with van der Waals surface area (Å²) in [7, 11) is 0. The van der Waals surface area contributed by atoms with Gasteiger partial charge in [-0.2, -0.15) is 0 Å². The molecule has 4 unspecified atom stereocenters. The third kappa shape index (κ3) is 4.12. The molecule has 1 saturated carbocycles. The molecule has 1 aliphatic carbocycles. The fourth-order valence-corrected chi connectivity index (χ4v) is 3.65. The topological polar surface area (TPSA) is 59.6 Å². The molecule has 2 N–H and O–H groups in total. The SMILES string of the molecule is Cc1ccc(F)cc1CNC1C(NC(=O)OC(C)(C)C)C2CCOC21. The number of fused-ring (bicyclic) bond motifs is 1. The lowest BCUT2D eigenvalue weighted by Gasteiger charge is -2.48. The van der Waals surface area contributed by atoms with E-state index in [9.17, 15) is 9.18 Å². The fourth-order valence-electron chi connectivity index (χ4n) is 3.65. The standard InChI is InChI=1S/C19H27FN2O3/c1-11-5-6-13(20)9-12(11)10-21-16-15(14-7-8-24-17(14)16)22-18(23)25-19(2,3)4/h5-6,9,14-17,21H,7-8,10H2,1-4H3,(H,22,23). The molecule has 3 rings (SSSR count). The van der Waals surface area contributed by atoms with Crippen LogP contribution >= 0.6 is 0 Å². The Labute approximate surface area is 148 Å². The lowest BCUT2D eigenvalue weighted by Crippen LogP contribution is -2.70. The quantitative estimate of drug-likeness (QED) is 0.877. The number of hydrogen-bond donors (Lipinski definition) is 2. The number of amides is 1. The van der Waals surface area contributed by atoms with Gasteiger partial charge in [-0.1, -0.05) is 6.07 Å². The van der Waals surface area contributed by atoms with E-state index in [-0.39, 0.29) is 24.0 Å². The van der Waals surface area contributed by atoms with Gasteiger partial charge in [0, 0.05) is 19.1 Å². The summed E-state index contributed by atoms with van der Waals surface area (Å²) in [6.07, 6.45) is 0.618. The largest absolute Gasteiger partial charge is 0.444 e. The van der Waals surface area contributed by atoms with Crippen LogP contribution in [0.2, 0.25) is 0 Å². The van der Waals surface area contributed by atoms with Crippen LogP contribution < -0.4 is 10.6 Å². The highest BCUT2D eigenvalue weighted by molar-refractivity contribution is 5.68. The maximum atomic E-state index is 13.5. The molecule has 1 aliphatic heterocycles. The molecule has 5 nitrogen and oxygen atoms in total. The number of nitrogens with one attached hydrogen (secondary N) is 2. The summed E-state index contributed by atoms with van der Waals surface area (Å²) in [5.41, 5.74) is 1.42. The number of halogens is 1. The minimum Gasteiger partial charge on any atom is -0.444 e. The summed E-state index contributed by atoms with van der Waals surface area (Å²) in [6, 6.07) is 4.76. The summed E-state index contributed by atoms with van der Waals surface area (Å²) < 4.78 is 24.6. The number of aryl methyl sites for hydroxylation is 1. The van der Waals surface area contributed by atoms with E-state index in [1.807, 2.05) is 27.7 Å². The molecule has 138 valence electrons. The van der Waals surface area contributed by atoms with Gasteiger partial charge in [0.15, 0.2) is 0 Å². The van der Waals surface area contributed by atoms with E-state index in [1.54, 1.807) is 12.1 Å². The Balaban J connectivity index is 1.62. The zero-order valence-corrected chi connectivity index (χ0v) is 15.3. The number of alkyl carbamates (subject to hydrolysis) is 1. The van der Waals surface area contributed by atoms with Crippen LogP contribution in [-0.4, -0.2) is 36.5 Å². The van der Waals surface area contributed by atoms with E-state index in [0.29, 0.717) is 19.1 Å². The molecule has 0 aromatic heterocycles. The molecule has 25 heavy (non-hydrogen) atoms. The highest BCUT2D eigenvalue weighted by Crippen LogP contribution is 2.39. The van der Waals surface area contributed by atoms with Gasteiger partial charge in [0.25, 0.3) is 0 Å². The molecule has 1 saturated heterocycles. The second kappa shape index (κ2) is 6.92. The van der Waals surface area contributed by atoms with Crippen LogP contribution in [0.3, 0.4) is 0 Å². The van der Waals surface area contributed by atoms with Crippen molar-refractivity contribution in [3.63, 3.8) is 0 Å². The smallest absolute Gasteiger partial charge is 0.407 e. The normalized spacial score (nSPS) is 28.2. The van der Waals surface area contributed by atoms with Crippen LogP contribution in [0.25, 0.3) is 0 Å². The van der Waals surface area contributed by atoms with Gasteiger partial charge in [0.05, 0.1) is 18.2 Å². The molecule has 1 aromatic rings. The zero-order valence-electron chi connectivity index (χ0n) is 15.3. The van der Waals surface area contributed by atoms with Crippen LogP contribution in [0.1, 0.15) is 38.3 Å². The Morgan fingerprint density at radius 3 is 2.84 bits per heavy atom. The van der Waals surface area contributed by atoms with Crippen molar-refractivity contribution in [2.24, 2.45) is 5.92 Å². The van der Waals surface area contributed by atoms with E-state index in [2.05, 4.69) is 10.6 Å². The van der Waals surface area contributed by atoms with Gasteiger partial charge >= 0.3 is 6.09 Å². The predicted octanol–water partition coefficient (Wildman–Crippen LogP) is 2.90. The molecule has 2 fully saturated rings. The highest BCUT2D eigenvalue weighted by atomic mass is 19.1. The lowest BCUT2D eigenvalue weighted by molar-refractivity contribution is -0.0344. The van der Waals surface area contributed by atoms with Crippen molar-refractivity contribution in [3.8, 4) is 0 Å². The minimum absolute atomic E-state index is 0.00249. The molecule has 6 heteroatoms. The molecule has 0 spiro atoms. The second-order valence-electron chi connectivity index (χ2n) is 7.94. The molecule has 1 amide bonds. The summed E-state index contributed by atoms with van der Waals surface area (Å²) >= 11 is 0. The maximum Gasteiger partial charge on any atom is 0.407 e. The highest BCUT2D eigenvalue weighted by Gasteiger charge is 2.54. The third-order valence-corrected chi connectivity index (χ3v) is 4.91. The average molecular weight is 350 g/mol. The molecule has 2 aliphatic rings. The van der Waals surface area contributed by atoms with Gasteiger partial charge < -0.3 is 20.1 Å².